The lowest BCUT2D eigenvalue weighted by molar-refractivity contribution is 0.0960. The van der Waals surface area contributed by atoms with Crippen LogP contribution in [-0.2, 0) is 0 Å². The number of nitrogens with zero attached hydrogens (tertiary/aromatic N) is 5. The summed E-state index contributed by atoms with van der Waals surface area (Å²) >= 11 is 0. The van der Waals surface area contributed by atoms with Crippen LogP contribution in [0.4, 0.5) is 10.2 Å². The fraction of sp³-hybridized carbons (Fsp3) is 0.333. The Morgan fingerprint density at radius 1 is 1.14 bits per heavy atom. The summed E-state index contributed by atoms with van der Waals surface area (Å²) in [6.07, 6.45) is 10.3. The van der Waals surface area contributed by atoms with Crippen LogP contribution in [-0.4, -0.2) is 50.5 Å². The van der Waals surface area contributed by atoms with Crippen molar-refractivity contribution in [3.63, 3.8) is 0 Å². The first-order valence-corrected chi connectivity index (χ1v) is 12.4. The summed E-state index contributed by atoms with van der Waals surface area (Å²) < 4.78 is 20.2. The highest BCUT2D eigenvalue weighted by Gasteiger charge is 2.21. The molecule has 37 heavy (non-hydrogen) atoms. The van der Waals surface area contributed by atoms with Gasteiger partial charge in [-0.1, -0.05) is 25.1 Å². The highest BCUT2D eigenvalue weighted by Crippen LogP contribution is 2.30. The predicted molar refractivity (Wildman–Crippen MR) is 138 cm³/mol. The van der Waals surface area contributed by atoms with Gasteiger partial charge < -0.3 is 15.4 Å². The maximum atomic E-state index is 14.4. The first-order chi connectivity index (χ1) is 18.1. The standard InChI is InChI=1S/C27H28FN7O2/c1-3-16(19-8-5-9-20-24(26(36)29-2)21(28)14-31-25(19)20)11-30-23-10-22(34-15-35-23)17-12-32-27(33-13-17)37-18-6-4-7-18/h5,8-10,12-16,18H,3-4,6-7,11H2,1-2H3,(H,29,36)(H,30,34,35). The van der Waals surface area contributed by atoms with Crippen molar-refractivity contribution in [3.05, 3.63) is 66.1 Å². The monoisotopic (exact) mass is 501 g/mol. The smallest absolute Gasteiger partial charge is 0.316 e. The molecule has 1 amide bonds. The van der Waals surface area contributed by atoms with Gasteiger partial charge in [-0.15, -0.1) is 0 Å². The van der Waals surface area contributed by atoms with E-state index in [0.717, 1.165) is 36.6 Å². The predicted octanol–water partition coefficient (Wildman–Crippen LogP) is 4.52. The molecule has 1 aromatic carbocycles. The molecule has 1 unspecified atom stereocenters. The number of rotatable bonds is 9. The van der Waals surface area contributed by atoms with E-state index in [-0.39, 0.29) is 17.6 Å². The van der Waals surface area contributed by atoms with Gasteiger partial charge in [0.1, 0.15) is 18.2 Å². The molecule has 9 nitrogen and oxygen atoms in total. The minimum absolute atomic E-state index is 0.00364. The number of nitrogens with one attached hydrogen (secondary N) is 2. The van der Waals surface area contributed by atoms with Crippen LogP contribution in [0.3, 0.4) is 0 Å². The Morgan fingerprint density at radius 2 is 1.95 bits per heavy atom. The number of halogens is 1. The van der Waals surface area contributed by atoms with E-state index in [0.29, 0.717) is 35.0 Å². The first kappa shape index (κ1) is 24.5. The normalized spacial score (nSPS) is 14.1. The third-order valence-electron chi connectivity index (χ3n) is 6.71. The minimum atomic E-state index is -0.643. The molecule has 3 heterocycles. The van der Waals surface area contributed by atoms with Crippen molar-refractivity contribution in [1.29, 1.82) is 0 Å². The summed E-state index contributed by atoms with van der Waals surface area (Å²) in [6, 6.07) is 7.75. The molecule has 3 aromatic heterocycles. The molecular formula is C27H28FN7O2. The van der Waals surface area contributed by atoms with Crippen LogP contribution in [0.15, 0.2) is 49.2 Å². The van der Waals surface area contributed by atoms with Crippen LogP contribution >= 0.6 is 0 Å². The zero-order chi connectivity index (χ0) is 25.8. The van der Waals surface area contributed by atoms with Gasteiger partial charge in [0.25, 0.3) is 5.91 Å². The Morgan fingerprint density at radius 3 is 2.65 bits per heavy atom. The molecule has 0 aliphatic heterocycles. The molecule has 1 aliphatic rings. The van der Waals surface area contributed by atoms with Gasteiger partial charge in [-0.2, -0.15) is 0 Å². The Hall–Kier alpha value is -4.21. The molecule has 1 aliphatic carbocycles. The zero-order valence-corrected chi connectivity index (χ0v) is 20.7. The molecule has 0 spiro atoms. The van der Waals surface area contributed by atoms with E-state index in [2.05, 4.69) is 42.5 Å². The highest BCUT2D eigenvalue weighted by molar-refractivity contribution is 6.06. The zero-order valence-electron chi connectivity index (χ0n) is 20.7. The summed E-state index contributed by atoms with van der Waals surface area (Å²) in [7, 11) is 1.48. The van der Waals surface area contributed by atoms with Crippen molar-refractivity contribution >= 4 is 22.6 Å². The number of para-hydroxylation sites is 1. The summed E-state index contributed by atoms with van der Waals surface area (Å²) in [6.45, 7) is 2.63. The second kappa shape index (κ2) is 10.8. The van der Waals surface area contributed by atoms with E-state index in [4.69, 9.17) is 4.74 Å². The molecule has 4 aromatic rings. The Labute approximate surface area is 214 Å². The maximum absolute atomic E-state index is 14.4. The molecule has 5 rings (SSSR count). The summed E-state index contributed by atoms with van der Waals surface area (Å²) in [5.41, 5.74) is 3.01. The Kier molecular flexibility index (Phi) is 7.16. The molecule has 0 radical (unpaired) electrons. The van der Waals surface area contributed by atoms with E-state index < -0.39 is 11.7 Å². The lowest BCUT2D eigenvalue weighted by Crippen LogP contribution is -2.25. The minimum Gasteiger partial charge on any atom is -0.460 e. The summed E-state index contributed by atoms with van der Waals surface area (Å²) in [5, 5.41) is 6.38. The number of benzene rings is 1. The van der Waals surface area contributed by atoms with Crippen molar-refractivity contribution in [2.24, 2.45) is 0 Å². The van der Waals surface area contributed by atoms with Gasteiger partial charge in [-0.3, -0.25) is 9.78 Å². The molecule has 0 bridgehead atoms. The van der Waals surface area contributed by atoms with Gasteiger partial charge in [0.05, 0.1) is 23.0 Å². The van der Waals surface area contributed by atoms with Gasteiger partial charge in [0.15, 0.2) is 5.82 Å². The third kappa shape index (κ3) is 5.18. The van der Waals surface area contributed by atoms with Gasteiger partial charge in [0, 0.05) is 48.9 Å². The molecular weight excluding hydrogens is 473 g/mol. The number of fused-ring (bicyclic) bond motifs is 1. The van der Waals surface area contributed by atoms with Crippen LogP contribution in [0.2, 0.25) is 0 Å². The molecule has 190 valence electrons. The molecule has 1 fully saturated rings. The lowest BCUT2D eigenvalue weighted by atomic mass is 9.92. The van der Waals surface area contributed by atoms with Gasteiger partial charge in [0.2, 0.25) is 0 Å². The number of hydrogen-bond acceptors (Lipinski definition) is 8. The third-order valence-corrected chi connectivity index (χ3v) is 6.71. The van der Waals surface area contributed by atoms with Crippen molar-refractivity contribution in [3.8, 4) is 17.3 Å². The first-order valence-electron chi connectivity index (χ1n) is 12.4. The van der Waals surface area contributed by atoms with E-state index >= 15 is 0 Å². The van der Waals surface area contributed by atoms with Crippen molar-refractivity contribution in [1.82, 2.24) is 30.2 Å². The van der Waals surface area contributed by atoms with Crippen molar-refractivity contribution in [2.75, 3.05) is 18.9 Å². The fourth-order valence-electron chi connectivity index (χ4n) is 4.37. The molecule has 1 saturated carbocycles. The Bertz CT molecular complexity index is 1410. The average molecular weight is 502 g/mol. The van der Waals surface area contributed by atoms with Crippen LogP contribution in [0.1, 0.15) is 54.4 Å². The highest BCUT2D eigenvalue weighted by atomic mass is 19.1. The number of pyridine rings is 1. The van der Waals surface area contributed by atoms with E-state index in [1.807, 2.05) is 18.2 Å². The van der Waals surface area contributed by atoms with Gasteiger partial charge >= 0.3 is 6.01 Å². The number of amides is 1. The van der Waals surface area contributed by atoms with E-state index in [9.17, 15) is 9.18 Å². The largest absolute Gasteiger partial charge is 0.460 e. The number of carbonyl (C=O) groups excluding carboxylic acids is 1. The fourth-order valence-corrected chi connectivity index (χ4v) is 4.37. The lowest BCUT2D eigenvalue weighted by Gasteiger charge is -2.24. The number of carbonyl (C=O) groups is 1. The topological polar surface area (TPSA) is 115 Å². The second-order valence-corrected chi connectivity index (χ2v) is 9.00. The second-order valence-electron chi connectivity index (χ2n) is 9.00. The Balaban J connectivity index is 1.33. The van der Waals surface area contributed by atoms with Gasteiger partial charge in [-0.05, 0) is 31.2 Å². The average Bonchev–Trinajstić information content (AvgIpc) is 2.91. The van der Waals surface area contributed by atoms with Gasteiger partial charge in [-0.25, -0.2) is 24.3 Å². The van der Waals surface area contributed by atoms with E-state index in [1.165, 1.54) is 19.8 Å². The molecule has 2 N–H and O–H groups in total. The molecule has 0 saturated heterocycles. The SMILES string of the molecule is CCC(CNc1cc(-c2cnc(OC3CCC3)nc2)ncn1)c1cccc2c(C(=O)NC)c(F)cnc12. The number of ether oxygens (including phenoxy) is 1. The molecule has 10 heteroatoms. The quantitative estimate of drug-likeness (QED) is 0.344. The summed E-state index contributed by atoms with van der Waals surface area (Å²) in [4.78, 5) is 34.0. The van der Waals surface area contributed by atoms with Crippen LogP contribution in [0.5, 0.6) is 6.01 Å². The van der Waals surface area contributed by atoms with Crippen molar-refractivity contribution in [2.45, 2.75) is 44.6 Å². The van der Waals surface area contributed by atoms with Crippen molar-refractivity contribution < 1.29 is 13.9 Å². The van der Waals surface area contributed by atoms with Crippen LogP contribution in [0.25, 0.3) is 22.2 Å². The number of aromatic nitrogens is 5. The molecule has 1 atom stereocenters. The number of hydrogen-bond donors (Lipinski definition) is 2. The maximum Gasteiger partial charge on any atom is 0.316 e. The van der Waals surface area contributed by atoms with Crippen LogP contribution in [0, 0.1) is 5.82 Å². The number of anilines is 1. The summed E-state index contributed by atoms with van der Waals surface area (Å²) in [5.74, 6) is -0.420. The van der Waals surface area contributed by atoms with E-state index in [1.54, 1.807) is 18.5 Å². The van der Waals surface area contributed by atoms with Crippen LogP contribution < -0.4 is 15.4 Å².